The SMILES string of the molecule is CC(C)[C@H](NC(=O)c1nccc2ccccc12)C(=O)N1C2CCCCC2C[C@H]1C(=O)N[C@H](C=O)CC(=O)O. The molecule has 1 saturated carbocycles. The number of carboxylic acids is 1. The standard InChI is InChI=1S/C28H34N4O6/c1-16(2)24(31-27(37)25-20-9-5-3-7-17(20)11-12-29-25)28(38)32-21-10-6-4-8-18(21)13-22(32)26(36)30-19(15-33)14-23(34)35/h3,5,7,9,11-12,15-16,18-19,21-22,24H,4,6,8,10,13-14H2,1-2H3,(H,30,36)(H,31,37)(H,34,35)/t18?,19-,21?,22-,24-/m0/s1. The zero-order valence-electron chi connectivity index (χ0n) is 21.6. The predicted octanol–water partition coefficient (Wildman–Crippen LogP) is 2.31. The number of hydrogen-bond acceptors (Lipinski definition) is 6. The zero-order valence-corrected chi connectivity index (χ0v) is 21.6. The predicted molar refractivity (Wildman–Crippen MR) is 139 cm³/mol. The molecule has 10 nitrogen and oxygen atoms in total. The van der Waals surface area contributed by atoms with Crippen molar-refractivity contribution >= 4 is 40.7 Å². The van der Waals surface area contributed by atoms with Crippen molar-refractivity contribution < 1.29 is 29.1 Å². The first-order valence-electron chi connectivity index (χ1n) is 13.2. The Morgan fingerprint density at radius 1 is 1.11 bits per heavy atom. The number of nitrogens with zero attached hydrogens (tertiary/aromatic N) is 2. The van der Waals surface area contributed by atoms with E-state index in [-0.39, 0.29) is 29.5 Å². The van der Waals surface area contributed by atoms with Gasteiger partial charge in [-0.25, -0.2) is 0 Å². The molecule has 0 radical (unpaired) electrons. The van der Waals surface area contributed by atoms with E-state index in [0.29, 0.717) is 18.1 Å². The van der Waals surface area contributed by atoms with Gasteiger partial charge >= 0.3 is 5.97 Å². The number of carbonyl (C=O) groups is 5. The van der Waals surface area contributed by atoms with Crippen LogP contribution < -0.4 is 10.6 Å². The number of rotatable bonds is 9. The van der Waals surface area contributed by atoms with Crippen LogP contribution in [0.4, 0.5) is 0 Å². The number of likely N-dealkylation sites (tertiary alicyclic amines) is 1. The van der Waals surface area contributed by atoms with E-state index in [0.717, 1.165) is 31.1 Å². The summed E-state index contributed by atoms with van der Waals surface area (Å²) >= 11 is 0. The van der Waals surface area contributed by atoms with Crippen molar-refractivity contribution in [3.63, 3.8) is 0 Å². The number of aromatic nitrogens is 1. The molecule has 1 aromatic carbocycles. The molecule has 38 heavy (non-hydrogen) atoms. The number of aliphatic carboxylic acids is 1. The third kappa shape index (κ3) is 5.69. The fourth-order valence-corrected chi connectivity index (χ4v) is 5.80. The summed E-state index contributed by atoms with van der Waals surface area (Å²) in [4.78, 5) is 69.1. The van der Waals surface area contributed by atoms with E-state index >= 15 is 0 Å². The highest BCUT2D eigenvalue weighted by molar-refractivity contribution is 6.06. The molecule has 4 rings (SSSR count). The van der Waals surface area contributed by atoms with Crippen LogP contribution in [0.5, 0.6) is 0 Å². The molecule has 2 unspecified atom stereocenters. The van der Waals surface area contributed by atoms with Crippen LogP contribution in [0.25, 0.3) is 10.8 Å². The Balaban J connectivity index is 1.60. The maximum atomic E-state index is 14.1. The molecule has 3 amide bonds. The Kier molecular flexibility index (Phi) is 8.38. The molecule has 2 aliphatic rings. The number of aldehydes is 1. The van der Waals surface area contributed by atoms with Crippen LogP contribution in [0.3, 0.4) is 0 Å². The summed E-state index contributed by atoms with van der Waals surface area (Å²) in [6.07, 6.45) is 5.40. The van der Waals surface area contributed by atoms with Crippen molar-refractivity contribution in [2.75, 3.05) is 0 Å². The number of fused-ring (bicyclic) bond motifs is 2. The lowest BCUT2D eigenvalue weighted by Crippen LogP contribution is -2.58. The maximum Gasteiger partial charge on any atom is 0.305 e. The van der Waals surface area contributed by atoms with Gasteiger partial charge in [0.1, 0.15) is 24.1 Å². The second kappa shape index (κ2) is 11.7. The number of pyridine rings is 1. The summed E-state index contributed by atoms with van der Waals surface area (Å²) < 4.78 is 0. The van der Waals surface area contributed by atoms with Gasteiger partial charge in [0.15, 0.2) is 0 Å². The van der Waals surface area contributed by atoms with Crippen molar-refractivity contribution in [2.24, 2.45) is 11.8 Å². The van der Waals surface area contributed by atoms with Crippen molar-refractivity contribution in [3.05, 3.63) is 42.2 Å². The summed E-state index contributed by atoms with van der Waals surface area (Å²) in [6, 6.07) is 6.09. The average Bonchev–Trinajstić information content (AvgIpc) is 3.30. The molecule has 5 atom stereocenters. The Morgan fingerprint density at radius 2 is 1.84 bits per heavy atom. The second-order valence-corrected chi connectivity index (χ2v) is 10.5. The van der Waals surface area contributed by atoms with Gasteiger partial charge in [-0.15, -0.1) is 0 Å². The summed E-state index contributed by atoms with van der Waals surface area (Å²) in [5, 5.41) is 16.0. The maximum absolute atomic E-state index is 14.1. The first-order valence-corrected chi connectivity index (χ1v) is 13.2. The highest BCUT2D eigenvalue weighted by Gasteiger charge is 2.49. The summed E-state index contributed by atoms with van der Waals surface area (Å²) in [5.41, 5.74) is 0.218. The largest absolute Gasteiger partial charge is 0.481 e. The molecule has 0 spiro atoms. The molecule has 202 valence electrons. The molecular formula is C28H34N4O6. The zero-order chi connectivity index (χ0) is 27.4. The van der Waals surface area contributed by atoms with Crippen LogP contribution in [0, 0.1) is 11.8 Å². The van der Waals surface area contributed by atoms with E-state index in [1.54, 1.807) is 17.2 Å². The summed E-state index contributed by atoms with van der Waals surface area (Å²) in [6.45, 7) is 3.66. The van der Waals surface area contributed by atoms with Crippen molar-refractivity contribution in [2.45, 2.75) is 76.5 Å². The first-order chi connectivity index (χ1) is 18.2. The number of benzene rings is 1. The van der Waals surface area contributed by atoms with Gasteiger partial charge in [0.2, 0.25) is 11.8 Å². The molecule has 1 saturated heterocycles. The number of carbonyl (C=O) groups excluding carboxylic acids is 4. The fourth-order valence-electron chi connectivity index (χ4n) is 5.80. The third-order valence-electron chi connectivity index (χ3n) is 7.64. The van der Waals surface area contributed by atoms with Gasteiger partial charge in [-0.1, -0.05) is 51.0 Å². The van der Waals surface area contributed by atoms with E-state index in [9.17, 15) is 24.0 Å². The molecule has 2 aromatic rings. The van der Waals surface area contributed by atoms with Gasteiger partial charge in [-0.05, 0) is 42.6 Å². The van der Waals surface area contributed by atoms with Gasteiger partial charge in [0.25, 0.3) is 5.91 Å². The smallest absolute Gasteiger partial charge is 0.305 e. The van der Waals surface area contributed by atoms with Gasteiger partial charge in [0, 0.05) is 17.6 Å². The van der Waals surface area contributed by atoms with Crippen molar-refractivity contribution in [1.82, 2.24) is 20.5 Å². The van der Waals surface area contributed by atoms with Crippen LogP contribution in [-0.4, -0.2) is 69.1 Å². The molecular weight excluding hydrogens is 488 g/mol. The molecule has 2 heterocycles. The number of amides is 3. The average molecular weight is 523 g/mol. The minimum Gasteiger partial charge on any atom is -0.481 e. The summed E-state index contributed by atoms with van der Waals surface area (Å²) in [7, 11) is 0. The molecule has 10 heteroatoms. The molecule has 1 aliphatic heterocycles. The third-order valence-corrected chi connectivity index (χ3v) is 7.64. The lowest BCUT2D eigenvalue weighted by Gasteiger charge is -2.37. The number of carboxylic acid groups (broad SMARTS) is 1. The number of hydrogen-bond donors (Lipinski definition) is 3. The van der Waals surface area contributed by atoms with Crippen molar-refractivity contribution in [1.29, 1.82) is 0 Å². The topological polar surface area (TPSA) is 146 Å². The van der Waals surface area contributed by atoms with Gasteiger partial charge in [0.05, 0.1) is 12.5 Å². The van der Waals surface area contributed by atoms with Gasteiger partial charge in [-0.2, -0.15) is 0 Å². The minimum absolute atomic E-state index is 0.126. The lowest BCUT2D eigenvalue weighted by atomic mass is 9.84. The Morgan fingerprint density at radius 3 is 2.55 bits per heavy atom. The van der Waals surface area contributed by atoms with Crippen LogP contribution in [0.1, 0.15) is 62.9 Å². The highest BCUT2D eigenvalue weighted by atomic mass is 16.4. The van der Waals surface area contributed by atoms with Crippen molar-refractivity contribution in [3.8, 4) is 0 Å². The minimum atomic E-state index is -1.21. The molecule has 0 bridgehead atoms. The van der Waals surface area contributed by atoms with Crippen LogP contribution in [0.2, 0.25) is 0 Å². The lowest BCUT2D eigenvalue weighted by molar-refractivity contribution is -0.144. The first kappa shape index (κ1) is 27.2. The Labute approximate surface area is 221 Å². The van der Waals surface area contributed by atoms with E-state index in [4.69, 9.17) is 5.11 Å². The monoisotopic (exact) mass is 522 g/mol. The summed E-state index contributed by atoms with van der Waals surface area (Å²) in [5.74, 6) is -2.74. The quantitative estimate of drug-likeness (QED) is 0.428. The van der Waals surface area contributed by atoms with Crippen LogP contribution >= 0.6 is 0 Å². The van der Waals surface area contributed by atoms with Crippen LogP contribution in [-0.2, 0) is 19.2 Å². The molecule has 2 fully saturated rings. The highest BCUT2D eigenvalue weighted by Crippen LogP contribution is 2.40. The molecule has 1 aromatic heterocycles. The van der Waals surface area contributed by atoms with Crippen LogP contribution in [0.15, 0.2) is 36.5 Å². The van der Waals surface area contributed by atoms with E-state index < -0.39 is 42.3 Å². The molecule has 3 N–H and O–H groups in total. The van der Waals surface area contributed by atoms with E-state index in [1.165, 1.54) is 0 Å². The van der Waals surface area contributed by atoms with Gasteiger partial charge in [-0.3, -0.25) is 24.2 Å². The van der Waals surface area contributed by atoms with E-state index in [2.05, 4.69) is 15.6 Å². The van der Waals surface area contributed by atoms with Gasteiger partial charge < -0.3 is 25.4 Å². The molecule has 1 aliphatic carbocycles. The Bertz CT molecular complexity index is 1230. The number of nitrogens with one attached hydrogen (secondary N) is 2. The normalized spacial score (nSPS) is 22.4. The van der Waals surface area contributed by atoms with E-state index in [1.807, 2.05) is 38.1 Å². The Hall–Kier alpha value is -3.82. The second-order valence-electron chi connectivity index (χ2n) is 10.5. The fraction of sp³-hybridized carbons (Fsp3) is 0.500.